The Morgan fingerprint density at radius 2 is 1.25 bits per heavy atom. The minimum absolute atomic E-state index is 0.321. The van der Waals surface area contributed by atoms with Gasteiger partial charge in [0.1, 0.15) is 5.75 Å². The standard InChI is InChI=1S/C27H40O/c1-5-8-13-22-18-19-23(20-21(4)24-16-11-12-17-27(24)28)26(15-10-7-3)25(22)14-9-6-2/h11-12,16-19,21,28H,5-10,13-15,20H2,1-4H3. The number of unbranched alkanes of at least 4 members (excludes halogenated alkanes) is 3. The van der Waals surface area contributed by atoms with Gasteiger partial charge >= 0.3 is 0 Å². The van der Waals surface area contributed by atoms with E-state index in [0.717, 1.165) is 12.0 Å². The lowest BCUT2D eigenvalue weighted by molar-refractivity contribution is 0.462. The van der Waals surface area contributed by atoms with Gasteiger partial charge < -0.3 is 5.11 Å². The molecule has 0 saturated heterocycles. The lowest BCUT2D eigenvalue weighted by Gasteiger charge is -2.22. The maximum atomic E-state index is 10.3. The molecule has 0 saturated carbocycles. The Bertz CT molecular complexity index is 716. The van der Waals surface area contributed by atoms with Crippen LogP contribution in [0.1, 0.15) is 100.0 Å². The molecule has 0 heterocycles. The fourth-order valence-corrected chi connectivity index (χ4v) is 4.26. The third kappa shape index (κ3) is 6.12. The van der Waals surface area contributed by atoms with Crippen LogP contribution in [0.15, 0.2) is 36.4 Å². The molecule has 1 N–H and O–H groups in total. The number of para-hydroxylation sites is 1. The van der Waals surface area contributed by atoms with Crippen molar-refractivity contribution in [3.63, 3.8) is 0 Å². The molecule has 1 nitrogen and oxygen atoms in total. The minimum atomic E-state index is 0.321. The van der Waals surface area contributed by atoms with Crippen molar-refractivity contribution in [3.8, 4) is 5.75 Å². The molecule has 0 aliphatic carbocycles. The molecule has 0 radical (unpaired) electrons. The molecule has 0 amide bonds. The van der Waals surface area contributed by atoms with Gasteiger partial charge in [0.05, 0.1) is 0 Å². The highest BCUT2D eigenvalue weighted by molar-refractivity contribution is 5.44. The highest BCUT2D eigenvalue weighted by Gasteiger charge is 2.17. The van der Waals surface area contributed by atoms with Crippen molar-refractivity contribution in [2.45, 2.75) is 97.8 Å². The SMILES string of the molecule is CCCCc1ccc(CC(C)c2ccccc2O)c(CCCC)c1CCCC. The van der Waals surface area contributed by atoms with Crippen LogP contribution in [-0.4, -0.2) is 5.11 Å². The molecule has 0 aliphatic rings. The van der Waals surface area contributed by atoms with Crippen molar-refractivity contribution in [1.82, 2.24) is 0 Å². The first-order valence-corrected chi connectivity index (χ1v) is 11.5. The number of phenols is 1. The van der Waals surface area contributed by atoms with Crippen LogP contribution in [0.5, 0.6) is 5.75 Å². The van der Waals surface area contributed by atoms with Gasteiger partial charge in [0.15, 0.2) is 0 Å². The normalized spacial score (nSPS) is 12.3. The van der Waals surface area contributed by atoms with Gasteiger partial charge in [0.2, 0.25) is 0 Å². The van der Waals surface area contributed by atoms with E-state index in [1.54, 1.807) is 16.7 Å². The van der Waals surface area contributed by atoms with E-state index in [0.29, 0.717) is 11.7 Å². The van der Waals surface area contributed by atoms with Gasteiger partial charge in [0.25, 0.3) is 0 Å². The van der Waals surface area contributed by atoms with E-state index >= 15 is 0 Å². The smallest absolute Gasteiger partial charge is 0.119 e. The average molecular weight is 381 g/mol. The molecule has 154 valence electrons. The summed E-state index contributed by atoms with van der Waals surface area (Å²) in [5, 5.41) is 10.3. The lowest BCUT2D eigenvalue weighted by Crippen LogP contribution is -2.08. The van der Waals surface area contributed by atoms with Gasteiger partial charge in [-0.3, -0.25) is 0 Å². The predicted octanol–water partition coefficient (Wildman–Crippen LogP) is 7.77. The van der Waals surface area contributed by atoms with E-state index in [-0.39, 0.29) is 0 Å². The first kappa shape index (κ1) is 22.5. The molecule has 2 aromatic carbocycles. The number of hydrogen-bond acceptors (Lipinski definition) is 1. The van der Waals surface area contributed by atoms with E-state index in [4.69, 9.17) is 0 Å². The van der Waals surface area contributed by atoms with Gasteiger partial charge in [-0.2, -0.15) is 0 Å². The van der Waals surface area contributed by atoms with Gasteiger partial charge in [0, 0.05) is 0 Å². The highest BCUT2D eigenvalue weighted by atomic mass is 16.3. The highest BCUT2D eigenvalue weighted by Crippen LogP contribution is 2.32. The lowest BCUT2D eigenvalue weighted by atomic mass is 9.83. The summed E-state index contributed by atoms with van der Waals surface area (Å²) in [5.41, 5.74) is 7.40. The van der Waals surface area contributed by atoms with Crippen LogP contribution < -0.4 is 0 Å². The fourth-order valence-electron chi connectivity index (χ4n) is 4.26. The van der Waals surface area contributed by atoms with Crippen molar-refractivity contribution in [3.05, 3.63) is 64.2 Å². The van der Waals surface area contributed by atoms with Crippen molar-refractivity contribution < 1.29 is 5.11 Å². The molecule has 0 aromatic heterocycles. The summed E-state index contributed by atoms with van der Waals surface area (Å²) < 4.78 is 0. The predicted molar refractivity (Wildman–Crippen MR) is 123 cm³/mol. The minimum Gasteiger partial charge on any atom is -0.508 e. The van der Waals surface area contributed by atoms with E-state index < -0.39 is 0 Å². The maximum Gasteiger partial charge on any atom is 0.119 e. The van der Waals surface area contributed by atoms with Crippen molar-refractivity contribution in [1.29, 1.82) is 0 Å². The third-order valence-corrected chi connectivity index (χ3v) is 5.98. The second-order valence-corrected chi connectivity index (χ2v) is 8.32. The van der Waals surface area contributed by atoms with Crippen LogP contribution in [0.4, 0.5) is 0 Å². The zero-order valence-electron chi connectivity index (χ0n) is 18.6. The number of aromatic hydroxyl groups is 1. The number of rotatable bonds is 12. The van der Waals surface area contributed by atoms with Crippen LogP contribution in [-0.2, 0) is 25.7 Å². The van der Waals surface area contributed by atoms with E-state index in [1.807, 2.05) is 18.2 Å². The summed E-state index contributed by atoms with van der Waals surface area (Å²) in [7, 11) is 0. The first-order valence-electron chi connectivity index (χ1n) is 11.5. The fraction of sp³-hybridized carbons (Fsp3) is 0.556. The first-order chi connectivity index (χ1) is 13.6. The largest absolute Gasteiger partial charge is 0.508 e. The van der Waals surface area contributed by atoms with Crippen molar-refractivity contribution in [2.24, 2.45) is 0 Å². The topological polar surface area (TPSA) is 20.2 Å². The molecule has 2 aromatic rings. The summed E-state index contributed by atoms with van der Waals surface area (Å²) >= 11 is 0. The molecule has 1 heteroatoms. The number of benzene rings is 2. The number of aryl methyl sites for hydroxylation is 1. The molecule has 0 bridgehead atoms. The molecule has 0 aliphatic heterocycles. The molecule has 0 fully saturated rings. The number of hydrogen-bond donors (Lipinski definition) is 1. The quantitative estimate of drug-likeness (QED) is 0.399. The Kier molecular flexibility index (Phi) is 9.61. The average Bonchev–Trinajstić information content (AvgIpc) is 2.70. The summed E-state index contributed by atoms with van der Waals surface area (Å²) in [6.45, 7) is 9.11. The van der Waals surface area contributed by atoms with Crippen molar-refractivity contribution in [2.75, 3.05) is 0 Å². The van der Waals surface area contributed by atoms with Crippen LogP contribution in [0.2, 0.25) is 0 Å². The second-order valence-electron chi connectivity index (χ2n) is 8.32. The summed E-state index contributed by atoms with van der Waals surface area (Å²) in [6.07, 6.45) is 12.2. The number of phenolic OH excluding ortho intramolecular Hbond substituents is 1. The zero-order chi connectivity index (χ0) is 20.4. The molecule has 1 atom stereocenters. The zero-order valence-corrected chi connectivity index (χ0v) is 18.6. The monoisotopic (exact) mass is 380 g/mol. The van der Waals surface area contributed by atoms with E-state index in [2.05, 4.69) is 45.9 Å². The summed E-state index contributed by atoms with van der Waals surface area (Å²) in [5.74, 6) is 0.748. The van der Waals surface area contributed by atoms with Gasteiger partial charge in [-0.05, 0) is 84.7 Å². The van der Waals surface area contributed by atoms with Crippen LogP contribution >= 0.6 is 0 Å². The molecule has 0 spiro atoms. The summed E-state index contributed by atoms with van der Waals surface area (Å²) in [6, 6.07) is 12.6. The molecular weight excluding hydrogens is 340 g/mol. The van der Waals surface area contributed by atoms with Gasteiger partial charge in [-0.25, -0.2) is 0 Å². The van der Waals surface area contributed by atoms with E-state index in [1.165, 1.54) is 63.4 Å². The van der Waals surface area contributed by atoms with Crippen LogP contribution in [0.3, 0.4) is 0 Å². The maximum absolute atomic E-state index is 10.3. The van der Waals surface area contributed by atoms with Crippen LogP contribution in [0, 0.1) is 0 Å². The Morgan fingerprint density at radius 1 is 0.714 bits per heavy atom. The Hall–Kier alpha value is -1.76. The Morgan fingerprint density at radius 3 is 1.86 bits per heavy atom. The third-order valence-electron chi connectivity index (χ3n) is 5.98. The van der Waals surface area contributed by atoms with Crippen molar-refractivity contribution >= 4 is 0 Å². The second kappa shape index (κ2) is 11.9. The summed E-state index contributed by atoms with van der Waals surface area (Å²) in [4.78, 5) is 0. The molecule has 2 rings (SSSR count). The van der Waals surface area contributed by atoms with Gasteiger partial charge in [-0.1, -0.05) is 77.3 Å². The Labute approximate surface area is 173 Å². The van der Waals surface area contributed by atoms with Crippen LogP contribution in [0.25, 0.3) is 0 Å². The Balaban J connectivity index is 2.39. The molecular formula is C27H40O. The van der Waals surface area contributed by atoms with Gasteiger partial charge in [-0.15, -0.1) is 0 Å². The van der Waals surface area contributed by atoms with E-state index in [9.17, 15) is 5.11 Å². The molecule has 28 heavy (non-hydrogen) atoms. The molecule has 1 unspecified atom stereocenters.